The van der Waals surface area contributed by atoms with Crippen molar-refractivity contribution in [2.45, 2.75) is 6.61 Å². The average molecular weight is 264 g/mol. The van der Waals surface area contributed by atoms with Gasteiger partial charge >= 0.3 is 0 Å². The minimum atomic E-state index is 0.502. The van der Waals surface area contributed by atoms with Crippen molar-refractivity contribution in [2.75, 3.05) is 0 Å². The lowest BCUT2D eigenvalue weighted by Crippen LogP contribution is -1.96. The van der Waals surface area contributed by atoms with E-state index in [1.165, 1.54) is 0 Å². The molecule has 0 N–H and O–H groups in total. The Morgan fingerprint density at radius 2 is 1.87 bits per heavy atom. The second kappa shape index (κ2) is 4.94. The van der Waals surface area contributed by atoms with Crippen molar-refractivity contribution >= 4 is 15.9 Å². The Kier molecular flexibility index (Phi) is 3.35. The zero-order valence-electron chi connectivity index (χ0n) is 8.06. The van der Waals surface area contributed by atoms with Gasteiger partial charge in [-0.2, -0.15) is 0 Å². The van der Waals surface area contributed by atoms with E-state index in [1.54, 1.807) is 6.20 Å². The lowest BCUT2D eigenvalue weighted by Gasteiger charge is -2.04. The Labute approximate surface area is 97.1 Å². The highest BCUT2D eigenvalue weighted by molar-refractivity contribution is 9.10. The first-order valence-corrected chi connectivity index (χ1v) is 5.42. The molecule has 76 valence electrons. The molecule has 1 heterocycles. The molecule has 1 aromatic carbocycles. The van der Waals surface area contributed by atoms with E-state index in [1.807, 2.05) is 42.5 Å². The van der Waals surface area contributed by atoms with Gasteiger partial charge in [-0.25, -0.2) is 0 Å². The molecule has 15 heavy (non-hydrogen) atoms. The monoisotopic (exact) mass is 263 g/mol. The van der Waals surface area contributed by atoms with Gasteiger partial charge in [-0.3, -0.25) is 4.98 Å². The van der Waals surface area contributed by atoms with Crippen LogP contribution in [0.15, 0.2) is 53.1 Å². The minimum absolute atomic E-state index is 0.502. The number of nitrogens with zero attached hydrogens (tertiary/aromatic N) is 1. The van der Waals surface area contributed by atoms with E-state index >= 15 is 0 Å². The van der Waals surface area contributed by atoms with Crippen LogP contribution in [-0.2, 0) is 6.61 Å². The molecule has 1 aromatic heterocycles. The summed E-state index contributed by atoms with van der Waals surface area (Å²) in [6, 6.07) is 13.5. The normalized spacial score (nSPS) is 9.93. The summed E-state index contributed by atoms with van der Waals surface area (Å²) >= 11 is 3.37. The van der Waals surface area contributed by atoms with E-state index in [-0.39, 0.29) is 0 Å². The van der Waals surface area contributed by atoms with Gasteiger partial charge < -0.3 is 4.74 Å². The molecule has 0 saturated heterocycles. The summed E-state index contributed by atoms with van der Waals surface area (Å²) in [7, 11) is 0. The third-order valence-electron chi connectivity index (χ3n) is 1.93. The van der Waals surface area contributed by atoms with E-state index in [2.05, 4.69) is 20.9 Å². The minimum Gasteiger partial charge on any atom is -0.487 e. The highest BCUT2D eigenvalue weighted by Crippen LogP contribution is 2.16. The van der Waals surface area contributed by atoms with Crippen LogP contribution in [0.2, 0.25) is 0 Å². The molecule has 2 rings (SSSR count). The number of benzene rings is 1. The Morgan fingerprint density at radius 1 is 1.07 bits per heavy atom. The molecule has 0 saturated carbocycles. The molecule has 0 aliphatic carbocycles. The fourth-order valence-corrected chi connectivity index (χ4v) is 1.44. The van der Waals surface area contributed by atoms with Crippen LogP contribution < -0.4 is 4.74 Å². The van der Waals surface area contributed by atoms with Crippen LogP contribution in [0.3, 0.4) is 0 Å². The van der Waals surface area contributed by atoms with E-state index in [4.69, 9.17) is 4.74 Å². The van der Waals surface area contributed by atoms with Gasteiger partial charge in [0.1, 0.15) is 12.4 Å². The first-order chi connectivity index (χ1) is 7.34. The molecule has 2 nitrogen and oxygen atoms in total. The van der Waals surface area contributed by atoms with Gasteiger partial charge in [0.25, 0.3) is 0 Å². The third kappa shape index (κ3) is 3.06. The maximum absolute atomic E-state index is 5.56. The molecule has 0 spiro atoms. The van der Waals surface area contributed by atoms with Crippen LogP contribution in [-0.4, -0.2) is 4.98 Å². The third-order valence-corrected chi connectivity index (χ3v) is 2.46. The summed E-state index contributed by atoms with van der Waals surface area (Å²) in [5.74, 6) is 0.851. The summed E-state index contributed by atoms with van der Waals surface area (Å²) in [5.41, 5.74) is 0.931. The Balaban J connectivity index is 1.96. The Bertz CT molecular complexity index is 413. The maximum atomic E-state index is 5.56. The Morgan fingerprint density at radius 3 is 2.53 bits per heavy atom. The lowest BCUT2D eigenvalue weighted by atomic mass is 10.3. The molecule has 0 radical (unpaired) electrons. The number of pyridine rings is 1. The number of rotatable bonds is 3. The van der Waals surface area contributed by atoms with Crippen LogP contribution >= 0.6 is 15.9 Å². The van der Waals surface area contributed by atoms with Crippen molar-refractivity contribution in [3.63, 3.8) is 0 Å². The maximum Gasteiger partial charge on any atom is 0.130 e. The van der Waals surface area contributed by atoms with Crippen molar-refractivity contribution < 1.29 is 4.74 Å². The van der Waals surface area contributed by atoms with Crippen molar-refractivity contribution in [3.05, 3.63) is 58.8 Å². The Hall–Kier alpha value is -1.35. The number of hydrogen-bond acceptors (Lipinski definition) is 2. The average Bonchev–Trinajstić information content (AvgIpc) is 2.30. The molecule has 0 aliphatic heterocycles. The van der Waals surface area contributed by atoms with E-state index in [9.17, 15) is 0 Å². The molecular weight excluding hydrogens is 254 g/mol. The lowest BCUT2D eigenvalue weighted by molar-refractivity contribution is 0.301. The first-order valence-electron chi connectivity index (χ1n) is 4.63. The molecule has 3 heteroatoms. The fourth-order valence-electron chi connectivity index (χ4n) is 1.17. The van der Waals surface area contributed by atoms with Gasteiger partial charge in [0.2, 0.25) is 0 Å². The smallest absolute Gasteiger partial charge is 0.130 e. The second-order valence-electron chi connectivity index (χ2n) is 3.06. The molecule has 0 aliphatic rings. The number of ether oxygens (including phenoxy) is 1. The van der Waals surface area contributed by atoms with Gasteiger partial charge in [0.05, 0.1) is 5.69 Å². The SMILES string of the molecule is Brc1ccc(OCc2ccccn2)cc1. The van der Waals surface area contributed by atoms with Gasteiger partial charge in [0, 0.05) is 10.7 Å². The highest BCUT2D eigenvalue weighted by atomic mass is 79.9. The van der Waals surface area contributed by atoms with Crippen molar-refractivity contribution in [3.8, 4) is 5.75 Å². The van der Waals surface area contributed by atoms with Gasteiger partial charge in [-0.15, -0.1) is 0 Å². The zero-order chi connectivity index (χ0) is 10.5. The number of hydrogen-bond donors (Lipinski definition) is 0. The van der Waals surface area contributed by atoms with E-state index in [0.29, 0.717) is 6.61 Å². The van der Waals surface area contributed by atoms with Crippen LogP contribution in [0.4, 0.5) is 0 Å². The summed E-state index contributed by atoms with van der Waals surface area (Å²) in [6.07, 6.45) is 1.76. The largest absolute Gasteiger partial charge is 0.487 e. The molecular formula is C12H10BrNO. The summed E-state index contributed by atoms with van der Waals surface area (Å²) in [4.78, 5) is 4.18. The van der Waals surface area contributed by atoms with Crippen molar-refractivity contribution in [1.29, 1.82) is 0 Å². The summed E-state index contributed by atoms with van der Waals surface area (Å²) < 4.78 is 6.61. The van der Waals surface area contributed by atoms with Crippen LogP contribution in [0.25, 0.3) is 0 Å². The summed E-state index contributed by atoms with van der Waals surface area (Å²) in [6.45, 7) is 0.502. The highest BCUT2D eigenvalue weighted by Gasteiger charge is 1.95. The topological polar surface area (TPSA) is 22.1 Å². The van der Waals surface area contributed by atoms with Crippen molar-refractivity contribution in [2.24, 2.45) is 0 Å². The number of halogens is 1. The molecule has 2 aromatic rings. The van der Waals surface area contributed by atoms with Crippen molar-refractivity contribution in [1.82, 2.24) is 4.98 Å². The molecule has 0 fully saturated rings. The predicted octanol–water partition coefficient (Wildman–Crippen LogP) is 3.42. The molecule has 0 atom stereocenters. The van der Waals surface area contributed by atoms with Crippen LogP contribution in [0.1, 0.15) is 5.69 Å². The predicted molar refractivity (Wildman–Crippen MR) is 62.7 cm³/mol. The summed E-state index contributed by atoms with van der Waals surface area (Å²) in [5, 5.41) is 0. The van der Waals surface area contributed by atoms with Gasteiger partial charge in [0.15, 0.2) is 0 Å². The van der Waals surface area contributed by atoms with Crippen LogP contribution in [0, 0.1) is 0 Å². The van der Waals surface area contributed by atoms with Gasteiger partial charge in [-0.05, 0) is 36.4 Å². The van der Waals surface area contributed by atoms with Gasteiger partial charge in [-0.1, -0.05) is 22.0 Å². The standard InChI is InChI=1S/C12H10BrNO/c13-10-4-6-12(7-5-10)15-9-11-3-1-2-8-14-11/h1-8H,9H2. The first kappa shape index (κ1) is 10.2. The molecule has 0 amide bonds. The van der Waals surface area contributed by atoms with Crippen LogP contribution in [0.5, 0.6) is 5.75 Å². The molecule has 0 unspecified atom stereocenters. The molecule has 0 bridgehead atoms. The zero-order valence-corrected chi connectivity index (χ0v) is 9.65. The fraction of sp³-hybridized carbons (Fsp3) is 0.0833. The second-order valence-corrected chi connectivity index (χ2v) is 3.98. The quantitative estimate of drug-likeness (QED) is 0.847. The van der Waals surface area contributed by atoms with E-state index < -0.39 is 0 Å². The number of aromatic nitrogens is 1. The van der Waals surface area contributed by atoms with E-state index in [0.717, 1.165) is 15.9 Å².